The van der Waals surface area contributed by atoms with Crippen LogP contribution in [-0.2, 0) is 6.54 Å². The van der Waals surface area contributed by atoms with E-state index in [9.17, 15) is 0 Å². The fourth-order valence-corrected chi connectivity index (χ4v) is 2.74. The molecule has 1 aromatic carbocycles. The number of benzene rings is 1. The summed E-state index contributed by atoms with van der Waals surface area (Å²) in [5, 5.41) is 0. The Bertz CT molecular complexity index is 379. The molecule has 0 aliphatic carbocycles. The molecule has 2 N–H and O–H groups in total. The summed E-state index contributed by atoms with van der Waals surface area (Å²) in [6.07, 6.45) is 3.92. The molecule has 1 atom stereocenters. The van der Waals surface area contributed by atoms with E-state index in [0.29, 0.717) is 6.04 Å². The molecule has 3 heteroatoms. The van der Waals surface area contributed by atoms with Crippen molar-refractivity contribution in [2.24, 2.45) is 5.73 Å². The molecular weight excluding hydrogens is 244 g/mol. The molecule has 0 aromatic heterocycles. The van der Waals surface area contributed by atoms with Gasteiger partial charge in [-0.05, 0) is 49.9 Å². The van der Waals surface area contributed by atoms with Gasteiger partial charge in [-0.3, -0.25) is 4.90 Å². The molecule has 1 saturated heterocycles. The molecule has 18 heavy (non-hydrogen) atoms. The minimum absolute atomic E-state index is 0. The van der Waals surface area contributed by atoms with Crippen LogP contribution in [0.5, 0.6) is 0 Å². The molecule has 0 amide bonds. The van der Waals surface area contributed by atoms with Gasteiger partial charge in [-0.1, -0.05) is 24.6 Å². The Labute approximate surface area is 117 Å². The lowest BCUT2D eigenvalue weighted by Crippen LogP contribution is -2.43. The largest absolute Gasteiger partial charge is 0.329 e. The van der Waals surface area contributed by atoms with E-state index in [0.717, 1.165) is 13.1 Å². The number of likely N-dealkylation sites (tertiary alicyclic amines) is 1. The number of aryl methyl sites for hydroxylation is 1. The minimum Gasteiger partial charge on any atom is -0.329 e. The van der Waals surface area contributed by atoms with E-state index in [1.165, 1.54) is 42.5 Å². The van der Waals surface area contributed by atoms with Gasteiger partial charge in [-0.15, -0.1) is 12.4 Å². The lowest BCUT2D eigenvalue weighted by Gasteiger charge is -2.35. The van der Waals surface area contributed by atoms with Crippen molar-refractivity contribution in [2.75, 3.05) is 13.1 Å². The highest BCUT2D eigenvalue weighted by atomic mass is 35.5. The van der Waals surface area contributed by atoms with Crippen molar-refractivity contribution in [3.63, 3.8) is 0 Å². The molecule has 0 bridgehead atoms. The fourth-order valence-electron chi connectivity index (χ4n) is 2.74. The van der Waals surface area contributed by atoms with Gasteiger partial charge in [0.2, 0.25) is 0 Å². The van der Waals surface area contributed by atoms with Crippen LogP contribution in [0.25, 0.3) is 0 Å². The third-order valence-electron chi connectivity index (χ3n) is 4.11. The molecule has 2 nitrogen and oxygen atoms in total. The summed E-state index contributed by atoms with van der Waals surface area (Å²) >= 11 is 0. The van der Waals surface area contributed by atoms with Gasteiger partial charge in [0.15, 0.2) is 0 Å². The number of nitrogens with zero attached hydrogens (tertiary/aromatic N) is 1. The van der Waals surface area contributed by atoms with Gasteiger partial charge in [0, 0.05) is 19.1 Å². The van der Waals surface area contributed by atoms with Crippen molar-refractivity contribution in [1.29, 1.82) is 0 Å². The summed E-state index contributed by atoms with van der Waals surface area (Å²) < 4.78 is 0. The number of nitrogens with two attached hydrogens (primary N) is 1. The Balaban J connectivity index is 0.00000162. The number of hydrogen-bond acceptors (Lipinski definition) is 2. The molecule has 0 spiro atoms. The molecule has 0 radical (unpaired) electrons. The Hall–Kier alpha value is -0.570. The maximum Gasteiger partial charge on any atom is 0.0239 e. The van der Waals surface area contributed by atoms with Crippen LogP contribution in [0.4, 0.5) is 0 Å². The molecule has 1 heterocycles. The average Bonchev–Trinajstić information content (AvgIpc) is 2.35. The maximum atomic E-state index is 5.87. The van der Waals surface area contributed by atoms with Crippen molar-refractivity contribution >= 4 is 12.4 Å². The number of piperidine rings is 1. The molecule has 1 aliphatic rings. The van der Waals surface area contributed by atoms with Crippen molar-refractivity contribution < 1.29 is 0 Å². The van der Waals surface area contributed by atoms with Crippen LogP contribution >= 0.6 is 12.4 Å². The first-order chi connectivity index (χ1) is 8.22. The second kappa shape index (κ2) is 7.13. The second-order valence-electron chi connectivity index (χ2n) is 5.21. The monoisotopic (exact) mass is 268 g/mol. The van der Waals surface area contributed by atoms with E-state index in [4.69, 9.17) is 5.73 Å². The van der Waals surface area contributed by atoms with Gasteiger partial charge in [0.05, 0.1) is 0 Å². The Morgan fingerprint density at radius 2 is 2.06 bits per heavy atom. The summed E-state index contributed by atoms with van der Waals surface area (Å²) in [4.78, 5) is 2.56. The summed E-state index contributed by atoms with van der Waals surface area (Å²) in [5.74, 6) is 0. The first-order valence-electron chi connectivity index (χ1n) is 6.71. The van der Waals surface area contributed by atoms with Crippen LogP contribution in [0, 0.1) is 13.8 Å². The van der Waals surface area contributed by atoms with Crippen LogP contribution in [0.15, 0.2) is 18.2 Å². The van der Waals surface area contributed by atoms with Crippen molar-refractivity contribution in [3.05, 3.63) is 34.9 Å². The van der Waals surface area contributed by atoms with Crippen LogP contribution in [0.2, 0.25) is 0 Å². The maximum absolute atomic E-state index is 5.87. The van der Waals surface area contributed by atoms with Gasteiger partial charge < -0.3 is 5.73 Å². The zero-order valence-electron chi connectivity index (χ0n) is 11.5. The Morgan fingerprint density at radius 1 is 1.28 bits per heavy atom. The summed E-state index contributed by atoms with van der Waals surface area (Å²) in [7, 11) is 0. The number of halogens is 1. The van der Waals surface area contributed by atoms with Crippen LogP contribution < -0.4 is 5.73 Å². The predicted octanol–water partition coefficient (Wildman–Crippen LogP) is 3.04. The average molecular weight is 269 g/mol. The third-order valence-corrected chi connectivity index (χ3v) is 4.11. The van der Waals surface area contributed by atoms with Gasteiger partial charge in [0.25, 0.3) is 0 Å². The molecule has 2 rings (SSSR count). The summed E-state index contributed by atoms with van der Waals surface area (Å²) in [5.41, 5.74) is 10.2. The first kappa shape index (κ1) is 15.5. The van der Waals surface area contributed by atoms with E-state index in [1.54, 1.807) is 0 Å². The van der Waals surface area contributed by atoms with Crippen molar-refractivity contribution in [1.82, 2.24) is 4.90 Å². The molecule has 1 unspecified atom stereocenters. The van der Waals surface area contributed by atoms with E-state index in [1.807, 2.05) is 0 Å². The summed E-state index contributed by atoms with van der Waals surface area (Å²) in [6, 6.07) is 7.20. The van der Waals surface area contributed by atoms with Crippen LogP contribution in [-0.4, -0.2) is 24.0 Å². The van der Waals surface area contributed by atoms with Crippen LogP contribution in [0.3, 0.4) is 0 Å². The highest BCUT2D eigenvalue weighted by Gasteiger charge is 2.21. The summed E-state index contributed by atoms with van der Waals surface area (Å²) in [6.45, 7) is 7.48. The molecule has 1 aliphatic heterocycles. The van der Waals surface area contributed by atoms with E-state index >= 15 is 0 Å². The van der Waals surface area contributed by atoms with Gasteiger partial charge in [-0.2, -0.15) is 0 Å². The standard InChI is InChI=1S/C15H24N2.ClH/c1-12-6-5-7-14(13(12)2)11-17-9-4-3-8-15(17)10-16;/h5-7,15H,3-4,8-11,16H2,1-2H3;1H. The fraction of sp³-hybridized carbons (Fsp3) is 0.600. The van der Waals surface area contributed by atoms with Crippen molar-refractivity contribution in [3.8, 4) is 0 Å². The zero-order valence-corrected chi connectivity index (χ0v) is 12.3. The van der Waals surface area contributed by atoms with E-state index < -0.39 is 0 Å². The molecule has 1 fully saturated rings. The molecule has 102 valence electrons. The van der Waals surface area contributed by atoms with Crippen molar-refractivity contribution in [2.45, 2.75) is 45.7 Å². The SMILES string of the molecule is Cc1cccc(CN2CCCCC2CN)c1C.Cl. The lowest BCUT2D eigenvalue weighted by atomic mass is 9.98. The molecular formula is C15H25ClN2. The quantitative estimate of drug-likeness (QED) is 0.913. The minimum atomic E-state index is 0. The van der Waals surface area contributed by atoms with Gasteiger partial charge >= 0.3 is 0 Å². The van der Waals surface area contributed by atoms with E-state index in [2.05, 4.69) is 36.9 Å². The van der Waals surface area contributed by atoms with Gasteiger partial charge in [0.1, 0.15) is 0 Å². The predicted molar refractivity (Wildman–Crippen MR) is 80.3 cm³/mol. The highest BCUT2D eigenvalue weighted by molar-refractivity contribution is 5.85. The highest BCUT2D eigenvalue weighted by Crippen LogP contribution is 2.21. The number of rotatable bonds is 3. The normalized spacial score (nSPS) is 20.5. The first-order valence-corrected chi connectivity index (χ1v) is 6.71. The zero-order chi connectivity index (χ0) is 12.3. The topological polar surface area (TPSA) is 29.3 Å². The molecule has 0 saturated carbocycles. The number of hydrogen-bond donors (Lipinski definition) is 1. The smallest absolute Gasteiger partial charge is 0.0239 e. The lowest BCUT2D eigenvalue weighted by molar-refractivity contribution is 0.144. The van der Waals surface area contributed by atoms with E-state index in [-0.39, 0.29) is 12.4 Å². The van der Waals surface area contributed by atoms with Crippen LogP contribution in [0.1, 0.15) is 36.0 Å². The Morgan fingerprint density at radius 3 is 2.78 bits per heavy atom. The second-order valence-corrected chi connectivity index (χ2v) is 5.21. The third kappa shape index (κ3) is 3.47. The Kier molecular flexibility index (Phi) is 6.13. The molecule has 1 aromatic rings. The van der Waals surface area contributed by atoms with Gasteiger partial charge in [-0.25, -0.2) is 0 Å².